The Bertz CT molecular complexity index is 125. The van der Waals surface area contributed by atoms with Crippen molar-refractivity contribution in [2.45, 2.75) is 20.0 Å². The molecule has 1 aliphatic heterocycles. The summed E-state index contributed by atoms with van der Waals surface area (Å²) in [5.41, 5.74) is 0. The average Bonchev–Trinajstić information content (AvgIpc) is 1.88. The van der Waals surface area contributed by atoms with Crippen molar-refractivity contribution in [3.05, 3.63) is 0 Å². The Balaban J connectivity index is 2.32. The van der Waals surface area contributed by atoms with E-state index in [1.165, 1.54) is 0 Å². The van der Waals surface area contributed by atoms with Gasteiger partial charge in [-0.25, -0.2) is 0 Å². The highest BCUT2D eigenvalue weighted by Gasteiger charge is 2.13. The summed E-state index contributed by atoms with van der Waals surface area (Å²) < 4.78 is 5.34. The van der Waals surface area contributed by atoms with Crippen molar-refractivity contribution in [3.63, 3.8) is 0 Å². The summed E-state index contributed by atoms with van der Waals surface area (Å²) in [5, 5.41) is 6.20. The monoisotopic (exact) mass is 142 g/mol. The zero-order valence-electron chi connectivity index (χ0n) is 6.58. The molecule has 1 unspecified atom stereocenters. The predicted octanol–water partition coefficient (Wildman–Crippen LogP) is 0.713. The van der Waals surface area contributed by atoms with Crippen molar-refractivity contribution in [2.24, 2.45) is 5.10 Å². The second kappa shape index (κ2) is 3.56. The first-order chi connectivity index (χ1) is 4.83. The van der Waals surface area contributed by atoms with E-state index in [1.807, 2.05) is 18.1 Å². The topological polar surface area (TPSA) is 24.8 Å². The fourth-order valence-corrected chi connectivity index (χ4v) is 1.07. The van der Waals surface area contributed by atoms with Gasteiger partial charge in [0.2, 0.25) is 0 Å². The minimum atomic E-state index is 0.331. The average molecular weight is 142 g/mol. The standard InChI is InChI=1S/C7H14N2O/c1-3-8-9-4-5-10-7(2)6-9/h3,7H,4-6H2,1-2H3/b8-3-. The van der Waals surface area contributed by atoms with Gasteiger partial charge in [-0.3, -0.25) is 5.01 Å². The van der Waals surface area contributed by atoms with Crippen LogP contribution in [0.15, 0.2) is 5.10 Å². The molecule has 1 rings (SSSR count). The predicted molar refractivity (Wildman–Crippen MR) is 41.2 cm³/mol. The van der Waals surface area contributed by atoms with Crippen molar-refractivity contribution in [1.29, 1.82) is 0 Å². The van der Waals surface area contributed by atoms with Crippen LogP contribution in [0.1, 0.15) is 13.8 Å². The van der Waals surface area contributed by atoms with Gasteiger partial charge < -0.3 is 4.74 Å². The lowest BCUT2D eigenvalue weighted by Gasteiger charge is -2.28. The number of hydrogen-bond donors (Lipinski definition) is 0. The summed E-state index contributed by atoms with van der Waals surface area (Å²) in [4.78, 5) is 0. The number of hydrogen-bond acceptors (Lipinski definition) is 3. The molecular formula is C7H14N2O. The van der Waals surface area contributed by atoms with E-state index in [4.69, 9.17) is 4.74 Å². The van der Waals surface area contributed by atoms with Crippen LogP contribution < -0.4 is 0 Å². The molecular weight excluding hydrogens is 128 g/mol. The van der Waals surface area contributed by atoms with Gasteiger partial charge in [0.15, 0.2) is 0 Å². The van der Waals surface area contributed by atoms with Gasteiger partial charge in [-0.05, 0) is 13.8 Å². The van der Waals surface area contributed by atoms with Gasteiger partial charge in [0.05, 0.1) is 25.8 Å². The number of morpholine rings is 1. The third kappa shape index (κ3) is 1.99. The van der Waals surface area contributed by atoms with Gasteiger partial charge in [-0.2, -0.15) is 5.10 Å². The van der Waals surface area contributed by atoms with E-state index >= 15 is 0 Å². The van der Waals surface area contributed by atoms with Gasteiger partial charge in [-0.15, -0.1) is 0 Å². The molecule has 0 bridgehead atoms. The van der Waals surface area contributed by atoms with Crippen LogP contribution in [-0.4, -0.2) is 37.0 Å². The molecule has 1 saturated heterocycles. The smallest absolute Gasteiger partial charge is 0.0739 e. The summed E-state index contributed by atoms with van der Waals surface area (Å²) in [7, 11) is 0. The lowest BCUT2D eigenvalue weighted by Crippen LogP contribution is -2.37. The molecule has 1 fully saturated rings. The lowest BCUT2D eigenvalue weighted by molar-refractivity contribution is -0.0170. The fourth-order valence-electron chi connectivity index (χ4n) is 1.07. The SMILES string of the molecule is C/C=N\N1CCOC(C)C1. The first-order valence-electron chi connectivity index (χ1n) is 3.68. The van der Waals surface area contributed by atoms with E-state index in [9.17, 15) is 0 Å². The summed E-state index contributed by atoms with van der Waals surface area (Å²) >= 11 is 0. The van der Waals surface area contributed by atoms with Gasteiger partial charge in [0.25, 0.3) is 0 Å². The lowest BCUT2D eigenvalue weighted by atomic mass is 10.3. The van der Waals surface area contributed by atoms with E-state index in [-0.39, 0.29) is 0 Å². The number of nitrogens with zero attached hydrogens (tertiary/aromatic N) is 2. The molecule has 1 aliphatic rings. The van der Waals surface area contributed by atoms with Crippen LogP contribution in [0.25, 0.3) is 0 Å². The number of rotatable bonds is 1. The largest absolute Gasteiger partial charge is 0.375 e. The molecule has 0 aromatic carbocycles. The quantitative estimate of drug-likeness (QED) is 0.504. The van der Waals surface area contributed by atoms with Gasteiger partial charge in [0, 0.05) is 6.21 Å². The third-order valence-electron chi connectivity index (χ3n) is 1.50. The van der Waals surface area contributed by atoms with Crippen LogP contribution in [0.3, 0.4) is 0 Å². The Hall–Kier alpha value is -0.570. The van der Waals surface area contributed by atoms with Crippen molar-refractivity contribution in [1.82, 2.24) is 5.01 Å². The van der Waals surface area contributed by atoms with Crippen LogP contribution in [0.5, 0.6) is 0 Å². The normalized spacial score (nSPS) is 27.8. The maximum absolute atomic E-state index is 5.34. The van der Waals surface area contributed by atoms with E-state index in [1.54, 1.807) is 0 Å². The molecule has 3 nitrogen and oxygen atoms in total. The fraction of sp³-hybridized carbons (Fsp3) is 0.857. The highest BCUT2D eigenvalue weighted by atomic mass is 16.5. The molecule has 0 amide bonds. The van der Waals surface area contributed by atoms with Crippen molar-refractivity contribution >= 4 is 6.21 Å². The molecule has 0 aromatic heterocycles. The van der Waals surface area contributed by atoms with Crippen molar-refractivity contribution < 1.29 is 4.74 Å². The first kappa shape index (κ1) is 7.54. The van der Waals surface area contributed by atoms with E-state index in [0.29, 0.717) is 6.10 Å². The molecule has 0 radical (unpaired) electrons. The summed E-state index contributed by atoms with van der Waals surface area (Å²) in [5.74, 6) is 0. The van der Waals surface area contributed by atoms with Gasteiger partial charge in [0.1, 0.15) is 0 Å². The molecule has 10 heavy (non-hydrogen) atoms. The molecule has 58 valence electrons. The molecule has 0 spiro atoms. The number of ether oxygens (including phenoxy) is 1. The van der Waals surface area contributed by atoms with Crippen molar-refractivity contribution in [3.8, 4) is 0 Å². The highest BCUT2D eigenvalue weighted by molar-refractivity contribution is 5.52. The Morgan fingerprint density at radius 2 is 2.50 bits per heavy atom. The number of hydrazone groups is 1. The summed E-state index contributed by atoms with van der Waals surface area (Å²) in [6, 6.07) is 0. The molecule has 0 N–H and O–H groups in total. The zero-order valence-corrected chi connectivity index (χ0v) is 6.58. The Morgan fingerprint density at radius 1 is 1.70 bits per heavy atom. The molecule has 1 heterocycles. The molecule has 0 aliphatic carbocycles. The maximum Gasteiger partial charge on any atom is 0.0739 e. The molecule has 1 atom stereocenters. The van der Waals surface area contributed by atoms with Crippen LogP contribution in [0, 0.1) is 0 Å². The molecule has 3 heteroatoms. The minimum absolute atomic E-state index is 0.331. The summed E-state index contributed by atoms with van der Waals surface area (Å²) in [6.07, 6.45) is 2.15. The maximum atomic E-state index is 5.34. The van der Waals surface area contributed by atoms with Crippen LogP contribution in [0.2, 0.25) is 0 Å². The van der Waals surface area contributed by atoms with E-state index < -0.39 is 0 Å². The molecule has 0 saturated carbocycles. The van der Waals surface area contributed by atoms with Crippen LogP contribution in [0.4, 0.5) is 0 Å². The van der Waals surface area contributed by atoms with Gasteiger partial charge in [-0.1, -0.05) is 0 Å². The van der Waals surface area contributed by atoms with E-state index in [0.717, 1.165) is 19.7 Å². The first-order valence-corrected chi connectivity index (χ1v) is 3.68. The van der Waals surface area contributed by atoms with Crippen LogP contribution >= 0.6 is 0 Å². The molecule has 0 aromatic rings. The Morgan fingerprint density at radius 3 is 3.10 bits per heavy atom. The van der Waals surface area contributed by atoms with Crippen molar-refractivity contribution in [2.75, 3.05) is 19.7 Å². The Labute approximate surface area is 61.7 Å². The third-order valence-corrected chi connectivity index (χ3v) is 1.50. The van der Waals surface area contributed by atoms with Crippen LogP contribution in [-0.2, 0) is 4.74 Å². The second-order valence-electron chi connectivity index (χ2n) is 2.47. The second-order valence-corrected chi connectivity index (χ2v) is 2.47. The minimum Gasteiger partial charge on any atom is -0.375 e. The summed E-state index contributed by atoms with van der Waals surface area (Å²) in [6.45, 7) is 6.65. The van der Waals surface area contributed by atoms with E-state index in [2.05, 4.69) is 12.0 Å². The zero-order chi connectivity index (χ0) is 7.40. The highest BCUT2D eigenvalue weighted by Crippen LogP contribution is 2.03. The van der Waals surface area contributed by atoms with Gasteiger partial charge >= 0.3 is 0 Å². The Kier molecular flexibility index (Phi) is 2.68.